The fraction of sp³-hybridized carbons (Fsp3) is 0.419. The summed E-state index contributed by atoms with van der Waals surface area (Å²) < 4.78 is 11.6. The lowest BCUT2D eigenvalue weighted by atomic mass is 10.1. The molecular formula is C31H39N3O5. The van der Waals surface area contributed by atoms with E-state index >= 15 is 0 Å². The molecular weight excluding hydrogens is 494 g/mol. The van der Waals surface area contributed by atoms with Crippen LogP contribution >= 0.6 is 0 Å². The second-order valence-corrected chi connectivity index (χ2v) is 9.69. The maximum Gasteiger partial charge on any atom is 0.310 e. The van der Waals surface area contributed by atoms with Gasteiger partial charge in [0.05, 0.1) is 45.0 Å². The fourth-order valence-corrected chi connectivity index (χ4v) is 4.18. The molecule has 8 nitrogen and oxygen atoms in total. The Labute approximate surface area is 230 Å². The molecule has 0 radical (unpaired) electrons. The molecule has 3 aromatic rings. The van der Waals surface area contributed by atoms with Crippen molar-refractivity contribution in [1.82, 2.24) is 14.7 Å². The Morgan fingerprint density at radius 3 is 2.38 bits per heavy atom. The summed E-state index contributed by atoms with van der Waals surface area (Å²) in [5, 5.41) is 4.20. The van der Waals surface area contributed by atoms with Crippen LogP contribution in [0.1, 0.15) is 41.3 Å². The van der Waals surface area contributed by atoms with E-state index in [-0.39, 0.29) is 17.9 Å². The van der Waals surface area contributed by atoms with Crippen molar-refractivity contribution in [1.29, 1.82) is 0 Å². The second-order valence-electron chi connectivity index (χ2n) is 9.69. The van der Waals surface area contributed by atoms with Crippen LogP contribution in [0.4, 0.5) is 0 Å². The molecule has 4 rings (SSSR count). The summed E-state index contributed by atoms with van der Waals surface area (Å²) in [6.45, 7) is 10.3. The maximum absolute atomic E-state index is 11.9. The van der Waals surface area contributed by atoms with E-state index in [9.17, 15) is 14.4 Å². The van der Waals surface area contributed by atoms with Crippen molar-refractivity contribution in [3.8, 4) is 0 Å². The monoisotopic (exact) mass is 533 g/mol. The fourth-order valence-electron chi connectivity index (χ4n) is 4.18. The Morgan fingerprint density at radius 2 is 1.67 bits per heavy atom. The molecule has 2 aromatic carbocycles. The van der Waals surface area contributed by atoms with Gasteiger partial charge in [-0.05, 0) is 49.9 Å². The number of esters is 1. The Morgan fingerprint density at radius 1 is 0.949 bits per heavy atom. The number of carbonyl (C=O) groups is 2. The van der Waals surface area contributed by atoms with Crippen LogP contribution in [0.2, 0.25) is 0 Å². The molecule has 0 saturated carbocycles. The van der Waals surface area contributed by atoms with Crippen molar-refractivity contribution >= 4 is 11.8 Å². The molecule has 0 aliphatic carbocycles. The molecule has 1 fully saturated rings. The highest BCUT2D eigenvalue weighted by atomic mass is 16.5. The number of rotatable bonds is 10. The van der Waals surface area contributed by atoms with Gasteiger partial charge in [-0.2, -0.15) is 5.10 Å². The van der Waals surface area contributed by atoms with Crippen molar-refractivity contribution < 1.29 is 19.1 Å². The average Bonchev–Trinajstić information content (AvgIpc) is 2.92. The third-order valence-corrected chi connectivity index (χ3v) is 6.29. The van der Waals surface area contributed by atoms with E-state index < -0.39 is 0 Å². The van der Waals surface area contributed by atoms with E-state index in [4.69, 9.17) is 9.47 Å². The van der Waals surface area contributed by atoms with E-state index in [0.717, 1.165) is 49.5 Å². The molecule has 208 valence electrons. The third kappa shape index (κ3) is 10.9. The number of hydrogen-bond acceptors (Lipinski definition) is 7. The number of aromatic nitrogens is 2. The number of nitrogens with zero attached hydrogens (tertiary/aromatic N) is 3. The number of ether oxygens (including phenoxy) is 2. The molecule has 0 unspecified atom stereocenters. The quantitative estimate of drug-likeness (QED) is 0.368. The van der Waals surface area contributed by atoms with Crippen LogP contribution in [0.25, 0.3) is 0 Å². The summed E-state index contributed by atoms with van der Waals surface area (Å²) in [6, 6.07) is 19.1. The van der Waals surface area contributed by atoms with Crippen molar-refractivity contribution in [2.24, 2.45) is 0 Å². The Hall–Kier alpha value is -3.62. The molecule has 8 heteroatoms. The Balaban J connectivity index is 0.000000218. The first kappa shape index (κ1) is 29.9. The molecule has 1 aliphatic rings. The van der Waals surface area contributed by atoms with Crippen molar-refractivity contribution in [3.05, 3.63) is 99.0 Å². The smallest absolute Gasteiger partial charge is 0.310 e. The molecule has 0 atom stereocenters. The summed E-state index contributed by atoms with van der Waals surface area (Å²) in [5.74, 6) is 0.0815. The normalized spacial score (nSPS) is 13.3. The van der Waals surface area contributed by atoms with Crippen LogP contribution in [-0.4, -0.2) is 65.9 Å². The van der Waals surface area contributed by atoms with Gasteiger partial charge in [0.2, 0.25) is 0 Å². The standard InChI is InChI=1S/C16H18N2O3.C15H21NO2/c1-3-21-16(20)10-13-5-4-6-14(9-13)11-18-15(19)8-7-12(2)17-18;1-13-2-4-14(5-3-13)6-7-15(17)12-16-8-10-18-11-9-16/h4-9H,3,10-11H2,1-2H3;2-5H,6-12H2,1H3. The van der Waals surface area contributed by atoms with Gasteiger partial charge in [0, 0.05) is 25.6 Å². The number of morpholine rings is 1. The van der Waals surface area contributed by atoms with E-state index in [2.05, 4.69) is 41.2 Å². The van der Waals surface area contributed by atoms with E-state index in [1.54, 1.807) is 13.0 Å². The second kappa shape index (κ2) is 15.7. The Kier molecular flexibility index (Phi) is 12.1. The van der Waals surface area contributed by atoms with Gasteiger partial charge in [-0.1, -0.05) is 54.1 Å². The predicted octanol–water partition coefficient (Wildman–Crippen LogP) is 3.53. The minimum Gasteiger partial charge on any atom is -0.466 e. The largest absolute Gasteiger partial charge is 0.466 e. The lowest BCUT2D eigenvalue weighted by Crippen LogP contribution is -2.39. The molecule has 0 amide bonds. The number of hydrogen-bond donors (Lipinski definition) is 0. The molecule has 1 aliphatic heterocycles. The van der Waals surface area contributed by atoms with Gasteiger partial charge < -0.3 is 9.47 Å². The van der Waals surface area contributed by atoms with Gasteiger partial charge >= 0.3 is 5.97 Å². The minimum atomic E-state index is -0.250. The number of carbonyl (C=O) groups excluding carboxylic acids is 2. The van der Waals surface area contributed by atoms with E-state index in [1.165, 1.54) is 21.9 Å². The zero-order valence-electron chi connectivity index (χ0n) is 23.2. The zero-order chi connectivity index (χ0) is 28.0. The van der Waals surface area contributed by atoms with Crippen LogP contribution in [-0.2, 0) is 38.4 Å². The van der Waals surface area contributed by atoms with Crippen LogP contribution in [0, 0.1) is 13.8 Å². The topological polar surface area (TPSA) is 90.7 Å². The predicted molar refractivity (Wildman–Crippen MR) is 151 cm³/mol. The van der Waals surface area contributed by atoms with Crippen molar-refractivity contribution in [3.63, 3.8) is 0 Å². The third-order valence-electron chi connectivity index (χ3n) is 6.29. The lowest BCUT2D eigenvalue weighted by molar-refractivity contribution is -0.142. The van der Waals surface area contributed by atoms with Gasteiger partial charge in [-0.15, -0.1) is 0 Å². The molecule has 2 heterocycles. The summed E-state index contributed by atoms with van der Waals surface area (Å²) in [6.07, 6.45) is 1.72. The number of Topliss-reactive ketones (excluding diaryl/α,β-unsaturated/α-hetero) is 1. The summed E-state index contributed by atoms with van der Waals surface area (Å²) in [4.78, 5) is 37.3. The van der Waals surface area contributed by atoms with Gasteiger partial charge in [-0.3, -0.25) is 19.3 Å². The SMILES string of the molecule is CCOC(=O)Cc1cccc(Cn2nc(C)ccc2=O)c1.Cc1ccc(CCC(=O)CN2CCOCC2)cc1. The highest BCUT2D eigenvalue weighted by Crippen LogP contribution is 2.09. The first-order valence-corrected chi connectivity index (χ1v) is 13.5. The van der Waals surface area contributed by atoms with Crippen molar-refractivity contribution in [2.75, 3.05) is 39.5 Å². The molecule has 0 bridgehead atoms. The van der Waals surface area contributed by atoms with Gasteiger partial charge in [0.15, 0.2) is 0 Å². The van der Waals surface area contributed by atoms with Gasteiger partial charge in [0.25, 0.3) is 5.56 Å². The maximum atomic E-state index is 11.9. The molecule has 0 N–H and O–H groups in total. The van der Waals surface area contributed by atoms with Gasteiger partial charge in [-0.25, -0.2) is 4.68 Å². The lowest BCUT2D eigenvalue weighted by Gasteiger charge is -2.25. The number of ketones is 1. The van der Waals surface area contributed by atoms with Crippen LogP contribution in [0.15, 0.2) is 65.5 Å². The molecule has 0 spiro atoms. The van der Waals surface area contributed by atoms with Gasteiger partial charge in [0.1, 0.15) is 5.78 Å². The highest BCUT2D eigenvalue weighted by molar-refractivity contribution is 5.80. The summed E-state index contributed by atoms with van der Waals surface area (Å²) >= 11 is 0. The van der Waals surface area contributed by atoms with Crippen LogP contribution in [0.5, 0.6) is 0 Å². The molecule has 1 aromatic heterocycles. The van der Waals surface area contributed by atoms with Crippen LogP contribution in [0.3, 0.4) is 0 Å². The zero-order valence-corrected chi connectivity index (χ0v) is 23.2. The summed E-state index contributed by atoms with van der Waals surface area (Å²) in [7, 11) is 0. The van der Waals surface area contributed by atoms with Crippen LogP contribution < -0.4 is 5.56 Å². The first-order valence-electron chi connectivity index (χ1n) is 13.5. The molecule has 39 heavy (non-hydrogen) atoms. The van der Waals surface area contributed by atoms with Crippen molar-refractivity contribution in [2.45, 2.75) is 46.6 Å². The number of benzene rings is 2. The minimum absolute atomic E-state index is 0.142. The molecule has 1 saturated heterocycles. The van der Waals surface area contributed by atoms with E-state index in [1.807, 2.05) is 31.2 Å². The first-order chi connectivity index (χ1) is 18.8. The number of aryl methyl sites for hydroxylation is 3. The average molecular weight is 534 g/mol. The summed E-state index contributed by atoms with van der Waals surface area (Å²) in [5.41, 5.74) is 4.95. The Bertz CT molecular complexity index is 1260. The van der Waals surface area contributed by atoms with E-state index in [0.29, 0.717) is 31.9 Å². The highest BCUT2D eigenvalue weighted by Gasteiger charge is 2.14.